The Balaban J connectivity index is 1.33. The Morgan fingerprint density at radius 3 is 2.65 bits per heavy atom. The maximum atomic E-state index is 13.1. The van der Waals surface area contributed by atoms with Crippen molar-refractivity contribution >= 4 is 39.1 Å². The predicted molar refractivity (Wildman–Crippen MR) is 125 cm³/mol. The highest BCUT2D eigenvalue weighted by molar-refractivity contribution is 9.10. The van der Waals surface area contributed by atoms with Gasteiger partial charge >= 0.3 is 0 Å². The average molecular weight is 502 g/mol. The van der Waals surface area contributed by atoms with Crippen LogP contribution in [0, 0.1) is 5.92 Å². The van der Waals surface area contributed by atoms with Crippen molar-refractivity contribution < 1.29 is 14.3 Å². The van der Waals surface area contributed by atoms with Crippen molar-refractivity contribution in [3.05, 3.63) is 69.1 Å². The number of rotatable bonds is 6. The minimum Gasteiger partial charge on any atom is -0.496 e. The molecule has 2 amide bonds. The molecule has 6 nitrogen and oxygen atoms in total. The van der Waals surface area contributed by atoms with Gasteiger partial charge in [0.1, 0.15) is 10.6 Å². The molecule has 3 heterocycles. The molecule has 0 radical (unpaired) electrons. The number of nitrogens with zero attached hydrogens (tertiary/aromatic N) is 2. The highest BCUT2D eigenvalue weighted by atomic mass is 79.9. The van der Waals surface area contributed by atoms with E-state index in [1.165, 1.54) is 11.3 Å². The predicted octanol–water partition coefficient (Wildman–Crippen LogP) is 4.48. The van der Waals surface area contributed by atoms with E-state index in [-0.39, 0.29) is 17.7 Å². The minimum absolute atomic E-state index is 0.0262. The second-order valence-electron chi connectivity index (χ2n) is 7.47. The molecule has 1 N–H and O–H groups in total. The third-order valence-corrected chi connectivity index (χ3v) is 6.95. The summed E-state index contributed by atoms with van der Waals surface area (Å²) in [5.74, 6) is 0.725. The normalized spacial score (nSPS) is 14.5. The molecule has 8 heteroatoms. The number of carbonyl (C=O) groups excluding carboxylic acids is 2. The summed E-state index contributed by atoms with van der Waals surface area (Å²) >= 11 is 4.92. The molecule has 1 saturated heterocycles. The smallest absolute Gasteiger partial charge is 0.266 e. The monoisotopic (exact) mass is 501 g/mol. The molecule has 1 aliphatic heterocycles. The van der Waals surface area contributed by atoms with E-state index in [1.807, 2.05) is 63.6 Å². The Hall–Kier alpha value is -2.58. The van der Waals surface area contributed by atoms with Crippen LogP contribution in [0.3, 0.4) is 0 Å². The molecule has 31 heavy (non-hydrogen) atoms. The number of aromatic nitrogens is 1. The highest BCUT2D eigenvalue weighted by Crippen LogP contribution is 2.27. The van der Waals surface area contributed by atoms with Crippen molar-refractivity contribution in [2.45, 2.75) is 19.4 Å². The number of thiophene rings is 1. The maximum absolute atomic E-state index is 13.1. The second-order valence-corrected chi connectivity index (χ2v) is 9.30. The molecule has 1 aliphatic rings. The molecule has 162 valence electrons. The lowest BCUT2D eigenvalue weighted by Crippen LogP contribution is -2.42. The van der Waals surface area contributed by atoms with Crippen LogP contribution in [-0.2, 0) is 11.3 Å². The molecule has 3 aromatic rings. The van der Waals surface area contributed by atoms with Gasteiger partial charge in [-0.2, -0.15) is 0 Å². The zero-order chi connectivity index (χ0) is 21.8. The average Bonchev–Trinajstić information content (AvgIpc) is 3.49. The van der Waals surface area contributed by atoms with Gasteiger partial charge < -0.3 is 19.5 Å². The van der Waals surface area contributed by atoms with Crippen molar-refractivity contribution in [3.63, 3.8) is 0 Å². The summed E-state index contributed by atoms with van der Waals surface area (Å²) in [7, 11) is 1.62. The van der Waals surface area contributed by atoms with Crippen molar-refractivity contribution in [2.24, 2.45) is 5.92 Å². The maximum Gasteiger partial charge on any atom is 0.266 e. The number of carbonyl (C=O) groups is 2. The minimum atomic E-state index is -0.0885. The molecular formula is C23H24BrN3O3S. The van der Waals surface area contributed by atoms with Gasteiger partial charge in [0.05, 0.1) is 12.8 Å². The molecule has 4 rings (SSSR count). The van der Waals surface area contributed by atoms with Crippen molar-refractivity contribution in [1.82, 2.24) is 14.8 Å². The molecule has 1 fully saturated rings. The fraction of sp³-hybridized carbons (Fsp3) is 0.304. The van der Waals surface area contributed by atoms with Gasteiger partial charge in [-0.15, -0.1) is 11.3 Å². The fourth-order valence-electron chi connectivity index (χ4n) is 3.86. The molecule has 1 aromatic carbocycles. The molecule has 0 aliphatic carbocycles. The Bertz CT molecular complexity index is 1060. The topological polar surface area (TPSA) is 63.6 Å². The van der Waals surface area contributed by atoms with Gasteiger partial charge in [0, 0.05) is 48.0 Å². The summed E-state index contributed by atoms with van der Waals surface area (Å²) in [5.41, 5.74) is 1.83. The van der Waals surface area contributed by atoms with Gasteiger partial charge in [0.15, 0.2) is 0 Å². The first-order chi connectivity index (χ1) is 15.1. The van der Waals surface area contributed by atoms with E-state index in [4.69, 9.17) is 4.74 Å². The van der Waals surface area contributed by atoms with Gasteiger partial charge in [-0.05, 0) is 54.6 Å². The molecule has 2 aromatic heterocycles. The molecule has 0 atom stereocenters. The van der Waals surface area contributed by atoms with Crippen molar-refractivity contribution in [1.29, 1.82) is 0 Å². The molecule has 0 bridgehead atoms. The molecular weight excluding hydrogens is 478 g/mol. The van der Waals surface area contributed by atoms with Crippen LogP contribution in [0.4, 0.5) is 0 Å². The Morgan fingerprint density at radius 2 is 1.94 bits per heavy atom. The summed E-state index contributed by atoms with van der Waals surface area (Å²) in [6, 6.07) is 11.6. The molecule has 0 spiro atoms. The number of nitrogens with one attached hydrogen (secondary N) is 1. The van der Waals surface area contributed by atoms with E-state index in [9.17, 15) is 9.59 Å². The Morgan fingerprint density at radius 1 is 1.19 bits per heavy atom. The number of methoxy groups -OCH3 is 1. The molecule has 0 saturated carbocycles. The zero-order valence-corrected chi connectivity index (χ0v) is 19.6. The van der Waals surface area contributed by atoms with Crippen molar-refractivity contribution in [3.8, 4) is 11.4 Å². The first-order valence-corrected chi connectivity index (χ1v) is 11.8. The van der Waals surface area contributed by atoms with Crippen LogP contribution in [0.15, 0.2) is 58.6 Å². The number of hydrogen-bond acceptors (Lipinski definition) is 4. The summed E-state index contributed by atoms with van der Waals surface area (Å²) < 4.78 is 8.27. The van der Waals surface area contributed by atoms with Crippen LogP contribution in [-0.4, -0.2) is 41.5 Å². The third kappa shape index (κ3) is 4.85. The lowest BCUT2D eigenvalue weighted by atomic mass is 9.95. The van der Waals surface area contributed by atoms with Crippen LogP contribution >= 0.6 is 27.3 Å². The van der Waals surface area contributed by atoms with Gasteiger partial charge in [-0.25, -0.2) is 0 Å². The van der Waals surface area contributed by atoms with E-state index in [0.717, 1.165) is 26.4 Å². The van der Waals surface area contributed by atoms with Gasteiger partial charge in [-0.1, -0.05) is 15.9 Å². The number of hydrogen-bond donors (Lipinski definition) is 1. The van der Waals surface area contributed by atoms with Crippen LogP contribution < -0.4 is 10.1 Å². The lowest BCUT2D eigenvalue weighted by molar-refractivity contribution is -0.126. The van der Waals surface area contributed by atoms with Crippen LogP contribution in [0.1, 0.15) is 28.1 Å². The summed E-state index contributed by atoms with van der Waals surface area (Å²) in [6.07, 6.45) is 5.21. The molecule has 0 unspecified atom stereocenters. The van der Waals surface area contributed by atoms with E-state index in [1.54, 1.807) is 7.11 Å². The van der Waals surface area contributed by atoms with Gasteiger partial charge in [-0.3, -0.25) is 9.59 Å². The summed E-state index contributed by atoms with van der Waals surface area (Å²) in [6.45, 7) is 1.58. The summed E-state index contributed by atoms with van der Waals surface area (Å²) in [4.78, 5) is 28.4. The van der Waals surface area contributed by atoms with Crippen LogP contribution in [0.5, 0.6) is 5.75 Å². The SMILES string of the molecule is COc1ccc(Br)cc1CNC(=O)C1CCN(C(=O)c2sccc2-n2cccc2)CC1. The fourth-order valence-corrected chi connectivity index (χ4v) is 5.13. The Kier molecular flexibility index (Phi) is 6.77. The summed E-state index contributed by atoms with van der Waals surface area (Å²) in [5, 5.41) is 4.97. The zero-order valence-electron chi connectivity index (χ0n) is 17.2. The van der Waals surface area contributed by atoms with Crippen LogP contribution in [0.25, 0.3) is 5.69 Å². The number of piperidine rings is 1. The van der Waals surface area contributed by atoms with E-state index in [2.05, 4.69) is 21.2 Å². The first kappa shape index (κ1) is 21.6. The van der Waals surface area contributed by atoms with Crippen LogP contribution in [0.2, 0.25) is 0 Å². The number of halogens is 1. The standard InChI is InChI=1S/C23H24BrN3O3S/c1-30-20-5-4-18(24)14-17(20)15-25-22(28)16-6-11-27(12-7-16)23(29)21-19(8-13-31-21)26-9-2-3-10-26/h2-5,8-10,13-14,16H,6-7,11-12,15H2,1H3,(H,25,28). The number of benzene rings is 1. The lowest BCUT2D eigenvalue weighted by Gasteiger charge is -2.31. The van der Waals surface area contributed by atoms with Gasteiger partial charge in [0.25, 0.3) is 5.91 Å². The van der Waals surface area contributed by atoms with E-state index >= 15 is 0 Å². The van der Waals surface area contributed by atoms with Gasteiger partial charge in [0.2, 0.25) is 5.91 Å². The van der Waals surface area contributed by atoms with E-state index in [0.29, 0.717) is 32.5 Å². The quantitative estimate of drug-likeness (QED) is 0.541. The number of amides is 2. The largest absolute Gasteiger partial charge is 0.496 e. The third-order valence-electron chi connectivity index (χ3n) is 5.57. The number of ether oxygens (including phenoxy) is 1. The van der Waals surface area contributed by atoms with E-state index < -0.39 is 0 Å². The number of likely N-dealkylation sites (tertiary alicyclic amines) is 1. The second kappa shape index (κ2) is 9.70. The highest BCUT2D eigenvalue weighted by Gasteiger charge is 2.29. The first-order valence-electron chi connectivity index (χ1n) is 10.2. The van der Waals surface area contributed by atoms with Crippen molar-refractivity contribution in [2.75, 3.05) is 20.2 Å². The Labute approximate surface area is 193 Å².